The van der Waals surface area contributed by atoms with Crippen molar-refractivity contribution in [1.29, 1.82) is 0 Å². The summed E-state index contributed by atoms with van der Waals surface area (Å²) in [5.74, 6) is -1.26. The lowest BCUT2D eigenvalue weighted by atomic mass is 9.91. The van der Waals surface area contributed by atoms with Crippen molar-refractivity contribution in [2.75, 3.05) is 13.1 Å². The molecule has 2 aromatic rings. The summed E-state index contributed by atoms with van der Waals surface area (Å²) in [6.45, 7) is 2.87. The average Bonchev–Trinajstić information content (AvgIpc) is 3.25. The van der Waals surface area contributed by atoms with Gasteiger partial charge in [-0.05, 0) is 24.5 Å². The third-order valence-corrected chi connectivity index (χ3v) is 4.34. The minimum Gasteiger partial charge on any atom is -0.481 e. The summed E-state index contributed by atoms with van der Waals surface area (Å²) < 4.78 is 0. The minimum absolute atomic E-state index is 0.00619. The van der Waals surface area contributed by atoms with E-state index >= 15 is 0 Å². The lowest BCUT2D eigenvalue weighted by Gasteiger charge is -2.15. The van der Waals surface area contributed by atoms with Crippen LogP contribution in [0, 0.1) is 5.92 Å². The number of hydrogen-bond donors (Lipinski definition) is 3. The van der Waals surface area contributed by atoms with Gasteiger partial charge < -0.3 is 15.0 Å². The Morgan fingerprint density at radius 3 is 2.83 bits per heavy atom. The van der Waals surface area contributed by atoms with E-state index in [1.165, 1.54) is 0 Å². The second-order valence-electron chi connectivity index (χ2n) is 5.82. The normalized spacial score (nSPS) is 20.8. The van der Waals surface area contributed by atoms with Gasteiger partial charge in [0.2, 0.25) is 0 Å². The number of carboxylic acid groups (broad SMARTS) is 1. The summed E-state index contributed by atoms with van der Waals surface area (Å²) in [7, 11) is 0. The van der Waals surface area contributed by atoms with Crippen LogP contribution in [0.5, 0.6) is 0 Å². The molecule has 1 aliphatic heterocycles. The summed E-state index contributed by atoms with van der Waals surface area (Å²) in [5, 5.41) is 19.5. The second-order valence-corrected chi connectivity index (χ2v) is 5.82. The van der Waals surface area contributed by atoms with Crippen LogP contribution < -0.4 is 0 Å². The number of nitrogens with zero attached hydrogens (tertiary/aromatic N) is 3. The number of carbonyl (C=O) groups is 2. The van der Waals surface area contributed by atoms with E-state index in [-0.39, 0.29) is 24.2 Å². The number of hydrogen-bond acceptors (Lipinski definition) is 4. The van der Waals surface area contributed by atoms with Gasteiger partial charge in [-0.3, -0.25) is 9.59 Å². The molecule has 1 saturated heterocycles. The molecular weight excluding hydrogens is 298 g/mol. The highest BCUT2D eigenvalue weighted by Crippen LogP contribution is 2.34. The Balaban J connectivity index is 1.78. The van der Waals surface area contributed by atoms with E-state index in [0.29, 0.717) is 24.5 Å². The number of rotatable bonds is 5. The Kier molecular flexibility index (Phi) is 4.14. The van der Waals surface area contributed by atoms with Gasteiger partial charge in [-0.2, -0.15) is 15.4 Å². The van der Waals surface area contributed by atoms with E-state index in [2.05, 4.69) is 20.4 Å². The number of carboxylic acids is 1. The SMILES string of the molecule is CCc1ccc(C(=O)N2C[C@H](CC(=O)O)[C@H](c3cn[nH]n3)C2)[nH]1. The van der Waals surface area contributed by atoms with Crippen molar-refractivity contribution in [3.63, 3.8) is 0 Å². The maximum atomic E-state index is 12.6. The number of aromatic nitrogens is 4. The monoisotopic (exact) mass is 317 g/mol. The molecular formula is C15H19N5O3. The fourth-order valence-electron chi connectivity index (χ4n) is 3.13. The molecule has 0 aliphatic carbocycles. The van der Waals surface area contributed by atoms with Crippen LogP contribution in [0.3, 0.4) is 0 Å². The van der Waals surface area contributed by atoms with Crippen molar-refractivity contribution in [2.24, 2.45) is 5.92 Å². The van der Waals surface area contributed by atoms with Gasteiger partial charge in [-0.25, -0.2) is 0 Å². The molecule has 122 valence electrons. The highest BCUT2D eigenvalue weighted by molar-refractivity contribution is 5.93. The fourth-order valence-corrected chi connectivity index (χ4v) is 3.13. The summed E-state index contributed by atoms with van der Waals surface area (Å²) in [6.07, 6.45) is 2.43. The molecule has 1 aliphatic rings. The van der Waals surface area contributed by atoms with Gasteiger partial charge in [-0.15, -0.1) is 0 Å². The first-order valence-corrected chi connectivity index (χ1v) is 7.63. The molecule has 0 radical (unpaired) electrons. The van der Waals surface area contributed by atoms with Gasteiger partial charge in [0.25, 0.3) is 5.91 Å². The number of H-pyrrole nitrogens is 2. The van der Waals surface area contributed by atoms with E-state index in [0.717, 1.165) is 12.1 Å². The molecule has 1 amide bonds. The van der Waals surface area contributed by atoms with Gasteiger partial charge in [0.1, 0.15) is 5.69 Å². The fraction of sp³-hybridized carbons (Fsp3) is 0.467. The van der Waals surface area contributed by atoms with Crippen LogP contribution in [0.4, 0.5) is 0 Å². The van der Waals surface area contributed by atoms with Crippen LogP contribution >= 0.6 is 0 Å². The molecule has 3 N–H and O–H groups in total. The number of carbonyl (C=O) groups excluding carboxylic acids is 1. The van der Waals surface area contributed by atoms with Crippen molar-refractivity contribution in [2.45, 2.75) is 25.7 Å². The molecule has 0 aromatic carbocycles. The zero-order valence-corrected chi connectivity index (χ0v) is 12.8. The largest absolute Gasteiger partial charge is 0.481 e. The predicted molar refractivity (Wildman–Crippen MR) is 80.9 cm³/mol. The lowest BCUT2D eigenvalue weighted by molar-refractivity contribution is -0.138. The van der Waals surface area contributed by atoms with Crippen molar-refractivity contribution in [3.8, 4) is 0 Å². The lowest BCUT2D eigenvalue weighted by Crippen LogP contribution is -2.29. The van der Waals surface area contributed by atoms with Crippen molar-refractivity contribution in [1.82, 2.24) is 25.3 Å². The zero-order valence-electron chi connectivity index (χ0n) is 12.8. The molecule has 2 aromatic heterocycles. The van der Waals surface area contributed by atoms with E-state index in [9.17, 15) is 9.59 Å². The predicted octanol–water partition coefficient (Wildman–Crippen LogP) is 1.03. The number of likely N-dealkylation sites (tertiary alicyclic amines) is 1. The summed E-state index contributed by atoms with van der Waals surface area (Å²) in [5.41, 5.74) is 2.24. The third-order valence-electron chi connectivity index (χ3n) is 4.34. The first-order valence-electron chi connectivity index (χ1n) is 7.63. The number of amides is 1. The molecule has 3 rings (SSSR count). The van der Waals surface area contributed by atoms with Crippen LogP contribution in [-0.4, -0.2) is 55.4 Å². The Hall–Kier alpha value is -2.64. The number of nitrogens with one attached hydrogen (secondary N) is 2. The Bertz CT molecular complexity index is 694. The maximum absolute atomic E-state index is 12.6. The molecule has 0 unspecified atom stereocenters. The quantitative estimate of drug-likeness (QED) is 0.761. The van der Waals surface area contributed by atoms with Crippen LogP contribution in [0.2, 0.25) is 0 Å². The van der Waals surface area contributed by atoms with Crippen LogP contribution in [0.1, 0.15) is 41.1 Å². The highest BCUT2D eigenvalue weighted by Gasteiger charge is 2.39. The van der Waals surface area contributed by atoms with Gasteiger partial charge >= 0.3 is 5.97 Å². The van der Waals surface area contributed by atoms with Crippen molar-refractivity contribution < 1.29 is 14.7 Å². The van der Waals surface area contributed by atoms with Crippen molar-refractivity contribution >= 4 is 11.9 Å². The average molecular weight is 317 g/mol. The molecule has 2 atom stereocenters. The molecule has 1 fully saturated rings. The van der Waals surface area contributed by atoms with E-state index in [1.807, 2.05) is 13.0 Å². The highest BCUT2D eigenvalue weighted by atomic mass is 16.4. The first-order chi connectivity index (χ1) is 11.1. The number of aromatic amines is 2. The molecule has 0 bridgehead atoms. The van der Waals surface area contributed by atoms with Crippen LogP contribution in [0.25, 0.3) is 0 Å². The molecule has 8 heteroatoms. The van der Waals surface area contributed by atoms with Gasteiger partial charge in [0.05, 0.1) is 18.3 Å². The van der Waals surface area contributed by atoms with Gasteiger partial charge in [0, 0.05) is 24.7 Å². The van der Waals surface area contributed by atoms with Gasteiger partial charge in [-0.1, -0.05) is 6.92 Å². The summed E-state index contributed by atoms with van der Waals surface area (Å²) in [4.78, 5) is 28.5. The zero-order chi connectivity index (χ0) is 16.4. The topological polar surface area (TPSA) is 115 Å². The van der Waals surface area contributed by atoms with E-state index < -0.39 is 5.97 Å². The number of aryl methyl sites for hydroxylation is 1. The Morgan fingerprint density at radius 2 is 2.22 bits per heavy atom. The standard InChI is InChI=1S/C15H19N5O3/c1-2-10-3-4-12(17-10)15(23)20-7-9(5-14(21)22)11(8-20)13-6-16-19-18-13/h3-4,6,9,11,17H,2,5,7-8H2,1H3,(H,21,22)(H,16,18,19)/t9-,11+/m0/s1. The number of aliphatic carboxylic acids is 1. The van der Waals surface area contributed by atoms with Crippen LogP contribution in [-0.2, 0) is 11.2 Å². The molecule has 8 nitrogen and oxygen atoms in total. The third kappa shape index (κ3) is 3.10. The molecule has 23 heavy (non-hydrogen) atoms. The van der Waals surface area contributed by atoms with E-state index in [4.69, 9.17) is 5.11 Å². The molecule has 3 heterocycles. The summed E-state index contributed by atoms with van der Waals surface area (Å²) in [6, 6.07) is 3.67. The Labute approximate surface area is 132 Å². The van der Waals surface area contributed by atoms with Gasteiger partial charge in [0.15, 0.2) is 0 Å². The molecule has 0 spiro atoms. The minimum atomic E-state index is -0.870. The first kappa shape index (κ1) is 15.3. The Morgan fingerprint density at radius 1 is 1.39 bits per heavy atom. The smallest absolute Gasteiger partial charge is 0.303 e. The summed E-state index contributed by atoms with van der Waals surface area (Å²) >= 11 is 0. The van der Waals surface area contributed by atoms with Crippen molar-refractivity contribution in [3.05, 3.63) is 35.4 Å². The van der Waals surface area contributed by atoms with E-state index in [1.54, 1.807) is 17.2 Å². The van der Waals surface area contributed by atoms with Crippen LogP contribution in [0.15, 0.2) is 18.3 Å². The molecule has 0 saturated carbocycles. The maximum Gasteiger partial charge on any atom is 0.303 e. The second kappa shape index (κ2) is 6.23.